The number of benzene rings is 2. The first kappa shape index (κ1) is 17.7. The number of unbranched alkanes of at least 4 members (excludes halogenated alkanes) is 1. The maximum absolute atomic E-state index is 9.03. The zero-order valence-corrected chi connectivity index (χ0v) is 15.0. The van der Waals surface area contributed by atoms with Crippen LogP contribution in [0.25, 0.3) is 11.1 Å². The second-order valence-electron chi connectivity index (χ2n) is 6.33. The van der Waals surface area contributed by atoms with Crippen LogP contribution in [0.2, 0.25) is 0 Å². The Hall–Kier alpha value is -3.12. The predicted molar refractivity (Wildman–Crippen MR) is 104 cm³/mol. The van der Waals surface area contributed by atoms with Crippen molar-refractivity contribution in [2.24, 2.45) is 0 Å². The van der Waals surface area contributed by atoms with Gasteiger partial charge < -0.3 is 4.74 Å². The molecule has 0 N–H and O–H groups in total. The number of hydrogen-bond acceptors (Lipinski definition) is 3. The first-order chi connectivity index (χ1) is 12.8. The zero-order valence-electron chi connectivity index (χ0n) is 15.0. The van der Waals surface area contributed by atoms with Crippen LogP contribution in [0, 0.1) is 18.3 Å². The van der Waals surface area contributed by atoms with Gasteiger partial charge in [-0.05, 0) is 72.7 Å². The molecule has 130 valence electrons. The average molecular weight is 342 g/mol. The highest BCUT2D eigenvalue weighted by Gasteiger charge is 2.03. The van der Waals surface area contributed by atoms with Gasteiger partial charge in [-0.15, -0.1) is 0 Å². The largest absolute Gasteiger partial charge is 0.494 e. The number of aryl methyl sites for hydroxylation is 2. The summed E-state index contributed by atoms with van der Waals surface area (Å²) in [5.41, 5.74) is 5.24. The lowest BCUT2D eigenvalue weighted by Crippen LogP contribution is -1.98. The van der Waals surface area contributed by atoms with Crippen molar-refractivity contribution in [1.29, 1.82) is 5.26 Å². The quantitative estimate of drug-likeness (QED) is 0.545. The van der Waals surface area contributed by atoms with Gasteiger partial charge in [-0.3, -0.25) is 4.98 Å². The van der Waals surface area contributed by atoms with E-state index in [0.29, 0.717) is 0 Å². The predicted octanol–water partition coefficient (Wildman–Crippen LogP) is 5.33. The van der Waals surface area contributed by atoms with E-state index in [2.05, 4.69) is 29.3 Å². The summed E-state index contributed by atoms with van der Waals surface area (Å²) in [6.07, 6.45) is 6.87. The fourth-order valence-electron chi connectivity index (χ4n) is 2.88. The average Bonchev–Trinajstić information content (AvgIpc) is 2.69. The Morgan fingerprint density at radius 1 is 1.00 bits per heavy atom. The van der Waals surface area contributed by atoms with Crippen LogP contribution in [0.5, 0.6) is 5.75 Å². The van der Waals surface area contributed by atoms with Gasteiger partial charge in [0.05, 0.1) is 18.2 Å². The van der Waals surface area contributed by atoms with Crippen molar-refractivity contribution in [3.63, 3.8) is 0 Å². The fraction of sp³-hybridized carbons (Fsp3) is 0.217. The van der Waals surface area contributed by atoms with Crippen molar-refractivity contribution in [3.8, 4) is 22.9 Å². The van der Waals surface area contributed by atoms with Crippen molar-refractivity contribution in [2.45, 2.75) is 26.2 Å². The number of pyridine rings is 1. The van der Waals surface area contributed by atoms with Crippen molar-refractivity contribution in [3.05, 3.63) is 83.7 Å². The number of rotatable bonds is 7. The number of hydrogen-bond donors (Lipinski definition) is 0. The lowest BCUT2D eigenvalue weighted by Gasteiger charge is -2.08. The van der Waals surface area contributed by atoms with Gasteiger partial charge in [-0.1, -0.05) is 30.3 Å². The molecular weight excluding hydrogens is 320 g/mol. The van der Waals surface area contributed by atoms with Gasteiger partial charge in [-0.2, -0.15) is 5.26 Å². The third-order valence-electron chi connectivity index (χ3n) is 4.39. The molecule has 0 atom stereocenters. The normalized spacial score (nSPS) is 10.3. The molecule has 0 radical (unpaired) electrons. The number of nitriles is 1. The Morgan fingerprint density at radius 2 is 1.81 bits per heavy atom. The number of aromatic nitrogens is 1. The van der Waals surface area contributed by atoms with E-state index in [0.717, 1.165) is 53.9 Å². The molecule has 26 heavy (non-hydrogen) atoms. The van der Waals surface area contributed by atoms with Gasteiger partial charge in [0.2, 0.25) is 0 Å². The summed E-state index contributed by atoms with van der Waals surface area (Å²) in [4.78, 5) is 4.13. The Bertz CT molecular complexity index is 880. The topological polar surface area (TPSA) is 45.9 Å². The lowest BCUT2D eigenvalue weighted by molar-refractivity contribution is 0.307. The van der Waals surface area contributed by atoms with Gasteiger partial charge >= 0.3 is 0 Å². The lowest BCUT2D eigenvalue weighted by atomic mass is 10.0. The molecular formula is C23H22N2O. The van der Waals surface area contributed by atoms with Crippen LogP contribution in [0.3, 0.4) is 0 Å². The monoisotopic (exact) mass is 342 g/mol. The molecule has 1 aromatic heterocycles. The second-order valence-corrected chi connectivity index (χ2v) is 6.33. The van der Waals surface area contributed by atoms with Gasteiger partial charge in [0.25, 0.3) is 0 Å². The van der Waals surface area contributed by atoms with Crippen LogP contribution in [-0.2, 0) is 6.42 Å². The molecule has 0 amide bonds. The van der Waals surface area contributed by atoms with Gasteiger partial charge in [0.15, 0.2) is 0 Å². The molecule has 0 saturated carbocycles. The zero-order chi connectivity index (χ0) is 18.2. The molecule has 2 aromatic carbocycles. The van der Waals surface area contributed by atoms with E-state index in [1.54, 1.807) is 6.20 Å². The van der Waals surface area contributed by atoms with Crippen molar-refractivity contribution in [1.82, 2.24) is 4.98 Å². The number of nitrogens with zero attached hydrogens (tertiary/aromatic N) is 2. The Labute approximate surface area is 154 Å². The van der Waals surface area contributed by atoms with Crippen LogP contribution in [-0.4, -0.2) is 11.6 Å². The maximum atomic E-state index is 9.03. The molecule has 3 nitrogen and oxygen atoms in total. The molecule has 0 aliphatic rings. The molecule has 3 heteroatoms. The van der Waals surface area contributed by atoms with Crippen LogP contribution in [0.15, 0.2) is 67.0 Å². The van der Waals surface area contributed by atoms with E-state index in [9.17, 15) is 0 Å². The van der Waals surface area contributed by atoms with Crippen LogP contribution < -0.4 is 4.74 Å². The summed E-state index contributed by atoms with van der Waals surface area (Å²) in [7, 11) is 0. The third-order valence-corrected chi connectivity index (χ3v) is 4.39. The second kappa shape index (κ2) is 8.82. The summed E-state index contributed by atoms with van der Waals surface area (Å²) in [6, 6.07) is 20.3. The first-order valence-corrected chi connectivity index (χ1v) is 8.89. The van der Waals surface area contributed by atoms with E-state index in [4.69, 9.17) is 10.00 Å². The minimum Gasteiger partial charge on any atom is -0.494 e. The molecule has 0 unspecified atom stereocenters. The molecule has 3 rings (SSSR count). The smallest absolute Gasteiger partial charge is 0.119 e. The highest BCUT2D eigenvalue weighted by molar-refractivity contribution is 5.66. The molecule has 0 fully saturated rings. The highest BCUT2D eigenvalue weighted by atomic mass is 16.5. The van der Waals surface area contributed by atoms with Crippen LogP contribution >= 0.6 is 0 Å². The van der Waals surface area contributed by atoms with Gasteiger partial charge in [-0.25, -0.2) is 0 Å². The third kappa shape index (κ3) is 4.70. The Kier molecular flexibility index (Phi) is 6.01. The van der Waals surface area contributed by atoms with Crippen molar-refractivity contribution in [2.75, 3.05) is 6.61 Å². The first-order valence-electron chi connectivity index (χ1n) is 8.89. The summed E-state index contributed by atoms with van der Waals surface area (Å²) in [5.74, 6) is 0.889. The highest BCUT2D eigenvalue weighted by Crippen LogP contribution is 2.24. The molecule has 1 heterocycles. The summed E-state index contributed by atoms with van der Waals surface area (Å²) in [6.45, 7) is 2.68. The number of ether oxygens (including phenoxy) is 1. The molecule has 0 aliphatic heterocycles. The summed E-state index contributed by atoms with van der Waals surface area (Å²) >= 11 is 0. The van der Waals surface area contributed by atoms with Gasteiger partial charge in [0.1, 0.15) is 5.75 Å². The van der Waals surface area contributed by atoms with E-state index < -0.39 is 0 Å². The molecule has 0 aliphatic carbocycles. The maximum Gasteiger partial charge on any atom is 0.119 e. The minimum absolute atomic E-state index is 0.718. The fourth-order valence-corrected chi connectivity index (χ4v) is 2.88. The van der Waals surface area contributed by atoms with Crippen molar-refractivity contribution < 1.29 is 4.74 Å². The van der Waals surface area contributed by atoms with Crippen molar-refractivity contribution >= 4 is 0 Å². The molecule has 0 bridgehead atoms. The Balaban J connectivity index is 1.49. The summed E-state index contributed by atoms with van der Waals surface area (Å²) in [5, 5.41) is 9.03. The van der Waals surface area contributed by atoms with Crippen LogP contribution in [0.1, 0.15) is 29.5 Å². The minimum atomic E-state index is 0.718. The van der Waals surface area contributed by atoms with E-state index in [1.165, 1.54) is 5.56 Å². The standard InChI is InChI=1S/C23H22N2O/c1-18-15-21(7-8-22(18)16-24)20-9-11-23(12-10-20)26-14-3-2-5-19-6-4-13-25-17-19/h4,6-13,15,17H,2-3,5,14H2,1H3. The summed E-state index contributed by atoms with van der Waals surface area (Å²) < 4.78 is 5.84. The van der Waals surface area contributed by atoms with E-state index in [-0.39, 0.29) is 0 Å². The molecule has 0 spiro atoms. The Morgan fingerprint density at radius 3 is 2.50 bits per heavy atom. The SMILES string of the molecule is Cc1cc(-c2ccc(OCCCCc3cccnc3)cc2)ccc1C#N. The van der Waals surface area contributed by atoms with E-state index >= 15 is 0 Å². The molecule has 3 aromatic rings. The van der Waals surface area contributed by atoms with Crippen LogP contribution in [0.4, 0.5) is 0 Å². The van der Waals surface area contributed by atoms with Gasteiger partial charge in [0, 0.05) is 12.4 Å². The molecule has 0 saturated heterocycles. The van der Waals surface area contributed by atoms with E-state index in [1.807, 2.05) is 49.5 Å².